The van der Waals surface area contributed by atoms with Crippen LogP contribution in [0.25, 0.3) is 0 Å². The zero-order chi connectivity index (χ0) is 22.7. The molecule has 0 bridgehead atoms. The van der Waals surface area contributed by atoms with E-state index in [0.29, 0.717) is 6.42 Å². The number of ether oxygens (including phenoxy) is 1. The Hall–Kier alpha value is 0.850. The minimum atomic E-state index is -4.71. The summed E-state index contributed by atoms with van der Waals surface area (Å²) in [4.78, 5) is 22.5. The van der Waals surface area contributed by atoms with Crippen LogP contribution in [0.3, 0.4) is 0 Å². The number of esters is 1. The molecule has 0 aliphatic carbocycles. The zero-order valence-corrected chi connectivity index (χ0v) is 19.6. The van der Waals surface area contributed by atoms with E-state index >= 15 is 0 Å². The van der Waals surface area contributed by atoms with Crippen molar-refractivity contribution in [2.45, 2.75) is 121 Å². The average Bonchev–Trinajstić information content (AvgIpc) is 2.67. The number of rotatable bonds is 21. The molecule has 0 radical (unpaired) electrons. The van der Waals surface area contributed by atoms with Crippen LogP contribution in [-0.2, 0) is 24.4 Å². The van der Waals surface area contributed by atoms with Crippen molar-refractivity contribution < 1.29 is 27.3 Å². The minimum absolute atomic E-state index is 0. The topological polar surface area (TPSA) is 124 Å². The summed E-state index contributed by atoms with van der Waals surface area (Å²) in [6.45, 7) is 2.32. The average molecular weight is 498 g/mol. The van der Waals surface area contributed by atoms with E-state index in [2.05, 4.69) is 6.92 Å². The summed E-state index contributed by atoms with van der Waals surface area (Å²) < 4.78 is 36.1. The molecule has 0 aliphatic heterocycles. The molecule has 1 unspecified atom stereocenters. The van der Waals surface area contributed by atoms with Crippen LogP contribution < -0.4 is 5.73 Å². The molecule has 0 rings (SSSR count). The molecule has 0 aliphatic rings. The van der Waals surface area contributed by atoms with Crippen molar-refractivity contribution in [2.24, 2.45) is 5.73 Å². The van der Waals surface area contributed by atoms with Crippen LogP contribution in [0.4, 0.5) is 0 Å². The molecule has 0 aromatic carbocycles. The molecular formula is C22H45NNa2O6S. The first kappa shape index (κ1) is 37.4. The van der Waals surface area contributed by atoms with Gasteiger partial charge in [-0.15, -0.1) is 0 Å². The number of amides is 1. The maximum absolute atomic E-state index is 11.7. The van der Waals surface area contributed by atoms with Crippen LogP contribution in [0, 0.1) is 0 Å². The van der Waals surface area contributed by atoms with Gasteiger partial charge >= 0.3 is 65.1 Å². The number of hydrogen-bond donors (Lipinski definition) is 2. The first-order valence-electron chi connectivity index (χ1n) is 11.7. The Bertz CT molecular complexity index is 561. The van der Waals surface area contributed by atoms with Gasteiger partial charge in [0, 0.05) is 0 Å². The first-order chi connectivity index (χ1) is 14.3. The van der Waals surface area contributed by atoms with E-state index in [9.17, 15) is 18.0 Å². The molecule has 3 N–H and O–H groups in total. The molecule has 1 amide bonds. The van der Waals surface area contributed by atoms with E-state index in [0.717, 1.165) is 19.3 Å². The number of nitrogens with two attached hydrogens (primary N) is 1. The van der Waals surface area contributed by atoms with Crippen LogP contribution in [0.5, 0.6) is 0 Å². The summed E-state index contributed by atoms with van der Waals surface area (Å²) in [5, 5.41) is -1.93. The third-order valence-corrected chi connectivity index (χ3v) is 6.33. The molecule has 1 atom stereocenters. The molecule has 0 aromatic rings. The fourth-order valence-electron chi connectivity index (χ4n) is 3.41. The molecule has 0 saturated heterocycles. The van der Waals surface area contributed by atoms with Gasteiger partial charge in [-0.2, -0.15) is 8.42 Å². The Morgan fingerprint density at radius 2 is 1.09 bits per heavy atom. The fourth-order valence-corrected chi connectivity index (χ4v) is 4.09. The van der Waals surface area contributed by atoms with E-state index in [4.69, 9.17) is 15.0 Å². The Morgan fingerprint density at radius 1 is 0.750 bits per heavy atom. The number of primary amides is 1. The predicted molar refractivity (Wildman–Crippen MR) is 134 cm³/mol. The summed E-state index contributed by atoms with van der Waals surface area (Å²) in [5.41, 5.74) is 4.90. The van der Waals surface area contributed by atoms with Crippen LogP contribution in [-0.4, -0.2) is 95.8 Å². The molecule has 0 heterocycles. The van der Waals surface area contributed by atoms with Gasteiger partial charge in [0.05, 0.1) is 13.0 Å². The molecular weight excluding hydrogens is 452 g/mol. The van der Waals surface area contributed by atoms with Crippen molar-refractivity contribution in [1.29, 1.82) is 0 Å². The van der Waals surface area contributed by atoms with Crippen molar-refractivity contribution in [1.82, 2.24) is 0 Å². The van der Waals surface area contributed by atoms with E-state index in [1.54, 1.807) is 0 Å². The number of carbonyl (C=O) groups excluding carboxylic acids is 2. The van der Waals surface area contributed by atoms with Crippen LogP contribution in [0.1, 0.15) is 116 Å². The van der Waals surface area contributed by atoms with Crippen molar-refractivity contribution in [3.8, 4) is 0 Å². The normalized spacial score (nSPS) is 11.8. The third-order valence-electron chi connectivity index (χ3n) is 5.25. The van der Waals surface area contributed by atoms with E-state index in [-0.39, 0.29) is 65.7 Å². The first-order valence-corrected chi connectivity index (χ1v) is 13.2. The number of unbranched alkanes of at least 4 members (excludes halogenated alkanes) is 15. The summed E-state index contributed by atoms with van der Waals surface area (Å²) in [6.07, 6.45) is 18.9. The second-order valence-corrected chi connectivity index (χ2v) is 9.74. The molecule has 7 nitrogen and oxygen atoms in total. The van der Waals surface area contributed by atoms with Crippen LogP contribution >= 0.6 is 0 Å². The molecule has 0 aromatic heterocycles. The van der Waals surface area contributed by atoms with E-state index in [1.807, 2.05) is 0 Å². The Labute approximate surface area is 240 Å². The SMILES string of the molecule is CCCCCCCCCCCCCCCCCCOC(=O)C(CC(N)=O)S(=O)(=O)O.[NaH].[NaH]. The zero-order valence-electron chi connectivity index (χ0n) is 18.8. The standard InChI is InChI=1S/C22H43NO6S.2Na.2H/c1-2-3-4-5-6-7-8-9-10-11-12-13-14-15-16-17-18-29-22(25)20(19-21(23)24)30(26,27)28;;;;/h20H,2-19H2,1H3,(H2,23,24)(H,26,27,28);;;;. The van der Waals surface area contributed by atoms with Gasteiger partial charge in [0.1, 0.15) is 0 Å². The second kappa shape index (κ2) is 25.0. The van der Waals surface area contributed by atoms with Gasteiger partial charge in [-0.25, -0.2) is 0 Å². The van der Waals surface area contributed by atoms with Crippen LogP contribution in [0.2, 0.25) is 0 Å². The molecule has 0 saturated carbocycles. The maximum atomic E-state index is 11.7. The van der Waals surface area contributed by atoms with Gasteiger partial charge in [-0.1, -0.05) is 103 Å². The Morgan fingerprint density at radius 3 is 1.41 bits per heavy atom. The van der Waals surface area contributed by atoms with E-state index < -0.39 is 33.7 Å². The summed E-state index contributed by atoms with van der Waals surface area (Å²) >= 11 is 0. The van der Waals surface area contributed by atoms with Gasteiger partial charge in [-0.3, -0.25) is 14.1 Å². The van der Waals surface area contributed by atoms with Gasteiger partial charge in [0.2, 0.25) is 5.91 Å². The van der Waals surface area contributed by atoms with Crippen molar-refractivity contribution in [3.05, 3.63) is 0 Å². The summed E-state index contributed by atoms with van der Waals surface area (Å²) in [6, 6.07) is 0. The second-order valence-electron chi connectivity index (χ2n) is 8.14. The summed E-state index contributed by atoms with van der Waals surface area (Å²) in [7, 11) is -4.71. The fraction of sp³-hybridized carbons (Fsp3) is 0.909. The van der Waals surface area contributed by atoms with Gasteiger partial charge < -0.3 is 10.5 Å². The van der Waals surface area contributed by atoms with Crippen molar-refractivity contribution >= 4 is 81.1 Å². The number of hydrogen-bond acceptors (Lipinski definition) is 5. The molecule has 10 heteroatoms. The molecule has 0 fully saturated rings. The quantitative estimate of drug-likeness (QED) is 0.108. The van der Waals surface area contributed by atoms with Gasteiger partial charge in [-0.05, 0) is 6.42 Å². The molecule has 182 valence electrons. The molecule has 0 spiro atoms. The third kappa shape index (κ3) is 24.0. The predicted octanol–water partition coefficient (Wildman–Crippen LogP) is 3.63. The van der Waals surface area contributed by atoms with Crippen LogP contribution in [0.15, 0.2) is 0 Å². The Balaban J connectivity index is -0.00000420. The molecule has 32 heavy (non-hydrogen) atoms. The Kier molecular flexibility index (Phi) is 29.2. The van der Waals surface area contributed by atoms with Crippen molar-refractivity contribution in [3.63, 3.8) is 0 Å². The number of carbonyl (C=O) groups is 2. The van der Waals surface area contributed by atoms with Crippen molar-refractivity contribution in [2.75, 3.05) is 6.61 Å². The summed E-state index contributed by atoms with van der Waals surface area (Å²) in [5.74, 6) is -2.12. The monoisotopic (exact) mass is 497 g/mol. The van der Waals surface area contributed by atoms with Gasteiger partial charge in [0.15, 0.2) is 5.25 Å². The van der Waals surface area contributed by atoms with E-state index in [1.165, 1.54) is 77.0 Å². The van der Waals surface area contributed by atoms with Gasteiger partial charge in [0.25, 0.3) is 10.1 Å².